The molecule has 29 heavy (non-hydrogen) atoms. The molecule has 3 aromatic rings. The summed E-state index contributed by atoms with van der Waals surface area (Å²) in [5.74, 6) is 0.470. The van der Waals surface area contributed by atoms with E-state index < -0.39 is 0 Å². The molecule has 0 radical (unpaired) electrons. The summed E-state index contributed by atoms with van der Waals surface area (Å²) in [6.07, 6.45) is 3.16. The Hall–Kier alpha value is -2.76. The van der Waals surface area contributed by atoms with E-state index in [1.165, 1.54) is 33.6 Å². The molecule has 2 aliphatic rings. The average Bonchev–Trinajstić information content (AvgIpc) is 3.28. The number of hydrogen-bond donors (Lipinski definition) is 2. The van der Waals surface area contributed by atoms with Crippen LogP contribution in [0.4, 0.5) is 5.00 Å². The van der Waals surface area contributed by atoms with E-state index in [1.807, 2.05) is 17.9 Å². The number of rotatable bonds is 3. The number of aryl methyl sites for hydroxylation is 1. The molecule has 146 valence electrons. The molecule has 0 fully saturated rings. The van der Waals surface area contributed by atoms with E-state index in [9.17, 15) is 0 Å². The summed E-state index contributed by atoms with van der Waals surface area (Å²) in [6.45, 7) is 2.30. The highest BCUT2D eigenvalue weighted by atomic mass is 32.1. The molecule has 0 amide bonds. The van der Waals surface area contributed by atoms with Crippen molar-refractivity contribution in [3.05, 3.63) is 76.2 Å². The molecule has 1 atom stereocenters. The first-order valence-electron chi connectivity index (χ1n) is 10.1. The molecule has 1 aliphatic carbocycles. The number of amidine groups is 1. The van der Waals surface area contributed by atoms with Crippen molar-refractivity contribution in [1.29, 1.82) is 5.41 Å². The summed E-state index contributed by atoms with van der Waals surface area (Å²) in [5, 5.41) is 9.64. The van der Waals surface area contributed by atoms with Gasteiger partial charge in [0.25, 0.3) is 0 Å². The van der Waals surface area contributed by atoms with Gasteiger partial charge in [0.05, 0.1) is 18.4 Å². The fourth-order valence-corrected chi connectivity index (χ4v) is 5.86. The van der Waals surface area contributed by atoms with Crippen LogP contribution in [0, 0.1) is 5.41 Å². The lowest BCUT2D eigenvalue weighted by Crippen LogP contribution is -2.44. The smallest absolute Gasteiger partial charge is 0.124 e. The quantitative estimate of drug-likeness (QED) is 0.660. The Bertz CT molecular complexity index is 1090. The van der Waals surface area contributed by atoms with Gasteiger partial charge in [0, 0.05) is 16.0 Å². The summed E-state index contributed by atoms with van der Waals surface area (Å²) < 4.78 is 0. The lowest BCUT2D eigenvalue weighted by molar-refractivity contribution is 0.765. The first-order valence-corrected chi connectivity index (χ1v) is 10.9. The largest absolute Gasteiger partial charge is 0.311 e. The number of nitrogens with one attached hydrogen (secondary N) is 1. The fourth-order valence-electron chi connectivity index (χ4n) is 4.35. The highest BCUT2D eigenvalue weighted by Gasteiger charge is 2.33. The molecule has 1 unspecified atom stereocenters. The molecule has 0 spiro atoms. The summed E-state index contributed by atoms with van der Waals surface area (Å²) in [7, 11) is 0. The second-order valence-electron chi connectivity index (χ2n) is 7.70. The van der Waals surface area contributed by atoms with Crippen LogP contribution in [-0.2, 0) is 12.8 Å². The molecule has 0 saturated heterocycles. The van der Waals surface area contributed by atoms with Crippen molar-refractivity contribution in [2.75, 3.05) is 11.4 Å². The fraction of sp³-hybridized carbons (Fsp3) is 0.250. The van der Waals surface area contributed by atoms with Crippen molar-refractivity contribution >= 4 is 27.9 Å². The molecular formula is C24H24N4S. The summed E-state index contributed by atoms with van der Waals surface area (Å²) in [6, 6.07) is 19.1. The number of nitrogens with two attached hydrogens (primary N) is 1. The van der Waals surface area contributed by atoms with Gasteiger partial charge >= 0.3 is 0 Å². The van der Waals surface area contributed by atoms with Crippen molar-refractivity contribution in [2.45, 2.75) is 32.4 Å². The Morgan fingerprint density at radius 1 is 1.00 bits per heavy atom. The first kappa shape index (κ1) is 18.3. The normalized spacial score (nSPS) is 16.8. The number of fused-ring (bicyclic) bond motifs is 3. The number of thiophene rings is 1. The van der Waals surface area contributed by atoms with E-state index in [0.717, 1.165) is 29.1 Å². The molecule has 0 saturated carbocycles. The Morgan fingerprint density at radius 3 is 2.41 bits per heavy atom. The minimum Gasteiger partial charge on any atom is -0.311 e. The molecule has 2 heterocycles. The zero-order valence-electron chi connectivity index (χ0n) is 16.5. The van der Waals surface area contributed by atoms with Gasteiger partial charge in [-0.3, -0.25) is 10.4 Å². The number of anilines is 1. The highest BCUT2D eigenvalue weighted by molar-refractivity contribution is 7.17. The van der Waals surface area contributed by atoms with Gasteiger partial charge in [0.1, 0.15) is 10.8 Å². The third-order valence-corrected chi connectivity index (χ3v) is 7.00. The Balaban J connectivity index is 1.62. The zero-order valence-corrected chi connectivity index (χ0v) is 17.3. The Labute approximate surface area is 175 Å². The van der Waals surface area contributed by atoms with E-state index in [4.69, 9.17) is 16.1 Å². The number of nitrogens with zero attached hydrogens (tertiary/aromatic N) is 2. The number of aliphatic imine (C=N–C) groups is 1. The first-order chi connectivity index (χ1) is 14.1. The predicted octanol–water partition coefficient (Wildman–Crippen LogP) is 4.84. The second-order valence-corrected chi connectivity index (χ2v) is 8.79. The predicted molar refractivity (Wildman–Crippen MR) is 123 cm³/mol. The molecule has 5 heteroatoms. The van der Waals surface area contributed by atoms with Gasteiger partial charge in [-0.25, -0.2) is 0 Å². The van der Waals surface area contributed by atoms with Crippen molar-refractivity contribution in [3.8, 4) is 11.1 Å². The van der Waals surface area contributed by atoms with Gasteiger partial charge in [-0.1, -0.05) is 54.6 Å². The van der Waals surface area contributed by atoms with E-state index in [0.29, 0.717) is 12.4 Å². The Morgan fingerprint density at radius 2 is 1.69 bits per heavy atom. The van der Waals surface area contributed by atoms with Gasteiger partial charge in [-0.2, -0.15) is 0 Å². The van der Waals surface area contributed by atoms with Crippen molar-refractivity contribution in [3.63, 3.8) is 0 Å². The molecule has 5 rings (SSSR count). The van der Waals surface area contributed by atoms with Crippen LogP contribution in [0.1, 0.15) is 34.9 Å². The lowest BCUT2D eigenvalue weighted by atomic mass is 9.96. The van der Waals surface area contributed by atoms with E-state index in [2.05, 4.69) is 48.5 Å². The van der Waals surface area contributed by atoms with Crippen LogP contribution in [0.5, 0.6) is 0 Å². The van der Waals surface area contributed by atoms with Crippen molar-refractivity contribution < 1.29 is 0 Å². The van der Waals surface area contributed by atoms with E-state index in [-0.39, 0.29) is 6.17 Å². The van der Waals surface area contributed by atoms with Crippen LogP contribution in [0.15, 0.2) is 59.6 Å². The topological polar surface area (TPSA) is 65.5 Å². The summed E-state index contributed by atoms with van der Waals surface area (Å²) in [5.41, 5.74) is 13.4. The molecule has 3 N–H and O–H groups in total. The van der Waals surface area contributed by atoms with Crippen LogP contribution < -0.4 is 10.6 Å². The van der Waals surface area contributed by atoms with E-state index >= 15 is 0 Å². The van der Waals surface area contributed by atoms with Gasteiger partial charge in [-0.05, 0) is 42.9 Å². The van der Waals surface area contributed by atoms with Crippen LogP contribution in [0.2, 0.25) is 0 Å². The van der Waals surface area contributed by atoms with Gasteiger partial charge in [0.15, 0.2) is 0 Å². The lowest BCUT2D eigenvalue weighted by Gasteiger charge is -2.26. The monoisotopic (exact) mass is 400 g/mol. The van der Waals surface area contributed by atoms with Crippen LogP contribution in [0.25, 0.3) is 11.1 Å². The van der Waals surface area contributed by atoms with Gasteiger partial charge in [0.2, 0.25) is 0 Å². The van der Waals surface area contributed by atoms with E-state index in [1.54, 1.807) is 11.3 Å². The standard InChI is InChI=1S/C24H24N4S/c1-15(25)28-21(26)14-27-23(22-19-8-5-9-20(19)29-24(22)28)18-12-10-17(11-13-18)16-6-3-2-4-7-16/h2-4,6-7,10-13,15,26H,5,8-9,14,25H2,1H3. The van der Waals surface area contributed by atoms with Crippen molar-refractivity contribution in [1.82, 2.24) is 0 Å². The maximum Gasteiger partial charge on any atom is 0.124 e. The molecule has 0 bridgehead atoms. The number of benzene rings is 2. The molecule has 1 aromatic heterocycles. The van der Waals surface area contributed by atoms with Gasteiger partial charge in [-0.15, -0.1) is 11.3 Å². The minimum absolute atomic E-state index is 0.241. The summed E-state index contributed by atoms with van der Waals surface area (Å²) in [4.78, 5) is 8.30. The third-order valence-electron chi connectivity index (χ3n) is 5.71. The molecular weight excluding hydrogens is 376 g/mol. The van der Waals surface area contributed by atoms with Gasteiger partial charge < -0.3 is 10.6 Å². The number of hydrogen-bond acceptors (Lipinski definition) is 4. The van der Waals surface area contributed by atoms with Crippen LogP contribution in [-0.4, -0.2) is 24.3 Å². The third kappa shape index (κ3) is 3.11. The molecule has 2 aromatic carbocycles. The second kappa shape index (κ2) is 7.25. The SMILES string of the molecule is CC(N)N1C(=N)CN=C(c2ccc(-c3ccccc3)cc2)c2c1sc1c2CCC1. The zero-order chi connectivity index (χ0) is 20.0. The van der Waals surface area contributed by atoms with Crippen molar-refractivity contribution in [2.24, 2.45) is 10.7 Å². The Kier molecular flexibility index (Phi) is 4.57. The maximum absolute atomic E-state index is 8.55. The highest BCUT2D eigenvalue weighted by Crippen LogP contribution is 2.43. The summed E-state index contributed by atoms with van der Waals surface area (Å²) >= 11 is 1.80. The maximum atomic E-state index is 8.55. The minimum atomic E-state index is -0.241. The molecule has 1 aliphatic heterocycles. The average molecular weight is 401 g/mol. The molecule has 4 nitrogen and oxygen atoms in total. The van der Waals surface area contributed by atoms with Crippen LogP contribution >= 0.6 is 11.3 Å². The van der Waals surface area contributed by atoms with Crippen LogP contribution in [0.3, 0.4) is 0 Å².